The van der Waals surface area contributed by atoms with Crippen molar-refractivity contribution >= 4 is 29.1 Å². The summed E-state index contributed by atoms with van der Waals surface area (Å²) in [4.78, 5) is 28.9. The first-order valence-electron chi connectivity index (χ1n) is 9.69. The summed E-state index contributed by atoms with van der Waals surface area (Å²) in [5.41, 5.74) is 1.13. The lowest BCUT2D eigenvalue weighted by molar-refractivity contribution is -0.137. The molecule has 2 aromatic rings. The minimum absolute atomic E-state index is 0.0412. The van der Waals surface area contributed by atoms with Gasteiger partial charge in [0.15, 0.2) is 0 Å². The van der Waals surface area contributed by atoms with Crippen LogP contribution in [0.4, 0.5) is 0 Å². The van der Waals surface area contributed by atoms with Gasteiger partial charge in [0.1, 0.15) is 5.75 Å². The van der Waals surface area contributed by atoms with E-state index in [0.717, 1.165) is 10.6 Å². The van der Waals surface area contributed by atoms with Crippen molar-refractivity contribution in [2.45, 2.75) is 31.8 Å². The van der Waals surface area contributed by atoms with E-state index >= 15 is 0 Å². The zero-order valence-corrected chi connectivity index (χ0v) is 17.7. The van der Waals surface area contributed by atoms with Gasteiger partial charge in [-0.25, -0.2) is 0 Å². The molecule has 3 rings (SSSR count). The standard InChI is InChI=1S/C23H25NO4S/c1-4-27-18-12-10-17(11-13-18)20-21(29-19-8-6-5-7-9-19)23(26)24(22(20)25)14-15-28-16(2)3/h5-13,16H,4,14-15H2,1-3H3. The van der Waals surface area contributed by atoms with Gasteiger partial charge in [-0.2, -0.15) is 0 Å². The molecular weight excluding hydrogens is 386 g/mol. The van der Waals surface area contributed by atoms with Crippen LogP contribution in [0.15, 0.2) is 64.4 Å². The van der Waals surface area contributed by atoms with E-state index in [9.17, 15) is 9.59 Å². The maximum Gasteiger partial charge on any atom is 0.268 e. The van der Waals surface area contributed by atoms with E-state index in [1.54, 1.807) is 0 Å². The van der Waals surface area contributed by atoms with Crippen molar-refractivity contribution in [2.24, 2.45) is 0 Å². The number of hydrogen-bond donors (Lipinski definition) is 0. The first-order valence-corrected chi connectivity index (χ1v) is 10.5. The summed E-state index contributed by atoms with van der Waals surface area (Å²) in [6, 6.07) is 16.9. The maximum atomic E-state index is 13.2. The number of carbonyl (C=O) groups excluding carboxylic acids is 2. The molecule has 152 valence electrons. The van der Waals surface area contributed by atoms with E-state index in [1.165, 1.54) is 16.7 Å². The Morgan fingerprint density at radius 1 is 0.966 bits per heavy atom. The Morgan fingerprint density at radius 2 is 1.66 bits per heavy atom. The fourth-order valence-electron chi connectivity index (χ4n) is 2.98. The minimum atomic E-state index is -0.287. The molecule has 0 saturated heterocycles. The van der Waals surface area contributed by atoms with Gasteiger partial charge >= 0.3 is 0 Å². The van der Waals surface area contributed by atoms with Crippen molar-refractivity contribution in [3.8, 4) is 5.75 Å². The number of rotatable bonds is 9. The zero-order chi connectivity index (χ0) is 20.8. The molecule has 0 saturated carbocycles. The number of benzene rings is 2. The molecule has 1 heterocycles. The Bertz CT molecular complexity index is 891. The van der Waals surface area contributed by atoms with Crippen LogP contribution in [-0.2, 0) is 14.3 Å². The van der Waals surface area contributed by atoms with Crippen molar-refractivity contribution in [3.05, 3.63) is 65.1 Å². The number of nitrogens with zero attached hydrogens (tertiary/aromatic N) is 1. The van der Waals surface area contributed by atoms with Crippen LogP contribution in [-0.4, -0.2) is 42.6 Å². The highest BCUT2D eigenvalue weighted by molar-refractivity contribution is 8.04. The molecule has 2 amide bonds. The van der Waals surface area contributed by atoms with E-state index < -0.39 is 0 Å². The van der Waals surface area contributed by atoms with E-state index in [2.05, 4.69) is 0 Å². The molecule has 29 heavy (non-hydrogen) atoms. The van der Waals surface area contributed by atoms with Crippen LogP contribution in [0, 0.1) is 0 Å². The molecule has 5 nitrogen and oxygen atoms in total. The van der Waals surface area contributed by atoms with Crippen molar-refractivity contribution < 1.29 is 19.1 Å². The predicted molar refractivity (Wildman–Crippen MR) is 115 cm³/mol. The summed E-state index contributed by atoms with van der Waals surface area (Å²) in [5, 5.41) is 0. The van der Waals surface area contributed by atoms with Gasteiger partial charge < -0.3 is 9.47 Å². The quantitative estimate of drug-likeness (QED) is 0.573. The van der Waals surface area contributed by atoms with Gasteiger partial charge in [-0.15, -0.1) is 0 Å². The predicted octanol–water partition coefficient (Wildman–Crippen LogP) is 4.38. The van der Waals surface area contributed by atoms with Gasteiger partial charge in [0.25, 0.3) is 11.8 Å². The molecule has 0 N–H and O–H groups in total. The molecule has 0 aliphatic carbocycles. The van der Waals surface area contributed by atoms with Crippen molar-refractivity contribution in [3.63, 3.8) is 0 Å². The largest absolute Gasteiger partial charge is 0.494 e. The highest BCUT2D eigenvalue weighted by Gasteiger charge is 2.39. The third-order valence-corrected chi connectivity index (χ3v) is 5.40. The lowest BCUT2D eigenvalue weighted by Gasteiger charge is -2.16. The summed E-state index contributed by atoms with van der Waals surface area (Å²) in [6.45, 7) is 6.88. The number of thioether (sulfide) groups is 1. The first-order chi connectivity index (χ1) is 14.0. The Hall–Kier alpha value is -2.57. The lowest BCUT2D eigenvalue weighted by atomic mass is 10.1. The molecule has 0 fully saturated rings. The second-order valence-electron chi connectivity index (χ2n) is 6.76. The fraction of sp³-hybridized carbons (Fsp3) is 0.304. The normalized spacial score (nSPS) is 14.3. The lowest BCUT2D eigenvalue weighted by Crippen LogP contribution is -2.35. The van der Waals surface area contributed by atoms with Crippen LogP contribution >= 0.6 is 11.8 Å². The second-order valence-corrected chi connectivity index (χ2v) is 7.84. The Morgan fingerprint density at radius 3 is 2.28 bits per heavy atom. The third kappa shape index (κ3) is 5.08. The minimum Gasteiger partial charge on any atom is -0.494 e. The number of carbonyl (C=O) groups is 2. The van der Waals surface area contributed by atoms with E-state index in [0.29, 0.717) is 29.3 Å². The SMILES string of the molecule is CCOc1ccc(C2=C(Sc3ccccc3)C(=O)N(CCOC(C)C)C2=O)cc1. The molecule has 0 atom stereocenters. The summed E-state index contributed by atoms with van der Waals surface area (Å²) in [6.07, 6.45) is 0.0412. The van der Waals surface area contributed by atoms with Gasteiger partial charge in [-0.3, -0.25) is 14.5 Å². The van der Waals surface area contributed by atoms with E-state index in [1.807, 2.05) is 75.4 Å². The summed E-state index contributed by atoms with van der Waals surface area (Å²) in [7, 11) is 0. The Kier molecular flexibility index (Phi) is 7.12. The third-order valence-electron chi connectivity index (χ3n) is 4.31. The summed E-state index contributed by atoms with van der Waals surface area (Å²) < 4.78 is 11.0. The Labute approximate surface area is 175 Å². The molecular formula is C23H25NO4S. The van der Waals surface area contributed by atoms with Gasteiger partial charge in [0.2, 0.25) is 0 Å². The van der Waals surface area contributed by atoms with Crippen LogP contribution in [0.1, 0.15) is 26.3 Å². The molecule has 0 spiro atoms. The summed E-state index contributed by atoms with van der Waals surface area (Å²) >= 11 is 1.32. The van der Waals surface area contributed by atoms with Gasteiger partial charge in [-0.1, -0.05) is 42.1 Å². The van der Waals surface area contributed by atoms with Crippen LogP contribution in [0.5, 0.6) is 5.75 Å². The molecule has 1 aliphatic rings. The molecule has 0 unspecified atom stereocenters. The van der Waals surface area contributed by atoms with E-state index in [4.69, 9.17) is 9.47 Å². The molecule has 6 heteroatoms. The smallest absolute Gasteiger partial charge is 0.268 e. The summed E-state index contributed by atoms with van der Waals surface area (Å²) in [5.74, 6) is 0.165. The first kappa shape index (κ1) is 21.1. The van der Waals surface area contributed by atoms with Gasteiger partial charge in [0.05, 0.1) is 36.3 Å². The highest BCUT2D eigenvalue weighted by atomic mass is 32.2. The zero-order valence-electron chi connectivity index (χ0n) is 16.9. The van der Waals surface area contributed by atoms with Crippen LogP contribution in [0.2, 0.25) is 0 Å². The average molecular weight is 412 g/mol. The van der Waals surface area contributed by atoms with E-state index in [-0.39, 0.29) is 24.5 Å². The van der Waals surface area contributed by atoms with Crippen molar-refractivity contribution in [1.29, 1.82) is 0 Å². The van der Waals surface area contributed by atoms with Crippen LogP contribution in [0.25, 0.3) is 5.57 Å². The van der Waals surface area contributed by atoms with Crippen LogP contribution in [0.3, 0.4) is 0 Å². The topological polar surface area (TPSA) is 55.8 Å². The Balaban J connectivity index is 1.92. The number of imide groups is 1. The van der Waals surface area contributed by atoms with Crippen LogP contribution < -0.4 is 4.74 Å². The number of ether oxygens (including phenoxy) is 2. The molecule has 0 radical (unpaired) electrons. The number of amides is 2. The molecule has 0 aromatic heterocycles. The monoisotopic (exact) mass is 411 g/mol. The van der Waals surface area contributed by atoms with Gasteiger partial charge in [-0.05, 0) is 50.6 Å². The van der Waals surface area contributed by atoms with Crippen molar-refractivity contribution in [2.75, 3.05) is 19.8 Å². The fourth-order valence-corrected chi connectivity index (χ4v) is 4.01. The number of hydrogen-bond acceptors (Lipinski definition) is 5. The van der Waals surface area contributed by atoms with Gasteiger partial charge in [0, 0.05) is 4.90 Å². The second kappa shape index (κ2) is 9.76. The molecule has 1 aliphatic heterocycles. The average Bonchev–Trinajstić information content (AvgIpc) is 2.94. The van der Waals surface area contributed by atoms with Crippen molar-refractivity contribution in [1.82, 2.24) is 4.90 Å². The molecule has 0 bridgehead atoms. The maximum absolute atomic E-state index is 13.2. The highest BCUT2D eigenvalue weighted by Crippen LogP contribution is 2.39. The molecule has 2 aromatic carbocycles.